The first kappa shape index (κ1) is 18.5. The van der Waals surface area contributed by atoms with Crippen molar-refractivity contribution < 1.29 is 13.6 Å². The lowest BCUT2D eigenvalue weighted by atomic mass is 10.0. The SMILES string of the molecule is Cc1nc(CC2CCCN(CC(=O)Nc3ccc(F)cc3)NC2)oc1C. The number of aromatic nitrogens is 1. The zero-order valence-electron chi connectivity index (χ0n) is 15.2. The van der Waals surface area contributed by atoms with E-state index in [0.29, 0.717) is 11.6 Å². The number of anilines is 1. The van der Waals surface area contributed by atoms with Crippen LogP contribution >= 0.6 is 0 Å². The third-order valence-electron chi connectivity index (χ3n) is 4.64. The summed E-state index contributed by atoms with van der Waals surface area (Å²) in [6.45, 7) is 5.72. The number of carbonyl (C=O) groups is 1. The third kappa shape index (κ3) is 5.12. The Morgan fingerprint density at radius 2 is 2.15 bits per heavy atom. The molecule has 6 nitrogen and oxygen atoms in total. The molecule has 1 aromatic heterocycles. The molecule has 2 heterocycles. The lowest BCUT2D eigenvalue weighted by molar-refractivity contribution is -0.118. The highest BCUT2D eigenvalue weighted by Crippen LogP contribution is 2.18. The summed E-state index contributed by atoms with van der Waals surface area (Å²) < 4.78 is 18.6. The zero-order chi connectivity index (χ0) is 18.5. The van der Waals surface area contributed by atoms with Crippen LogP contribution in [0.3, 0.4) is 0 Å². The molecule has 0 saturated carbocycles. The predicted octanol–water partition coefficient (Wildman–Crippen LogP) is 2.83. The number of nitrogens with one attached hydrogen (secondary N) is 2. The van der Waals surface area contributed by atoms with Gasteiger partial charge in [0.25, 0.3) is 0 Å². The first-order valence-corrected chi connectivity index (χ1v) is 8.96. The van der Waals surface area contributed by atoms with Crippen LogP contribution in [0.5, 0.6) is 0 Å². The molecule has 1 saturated heterocycles. The largest absolute Gasteiger partial charge is 0.446 e. The molecule has 1 atom stereocenters. The van der Waals surface area contributed by atoms with Crippen LogP contribution < -0.4 is 10.7 Å². The van der Waals surface area contributed by atoms with E-state index in [4.69, 9.17) is 4.42 Å². The van der Waals surface area contributed by atoms with Crippen molar-refractivity contribution in [2.24, 2.45) is 5.92 Å². The van der Waals surface area contributed by atoms with Gasteiger partial charge in [0.2, 0.25) is 5.91 Å². The highest BCUT2D eigenvalue weighted by molar-refractivity contribution is 5.92. The Labute approximate surface area is 152 Å². The van der Waals surface area contributed by atoms with Crippen LogP contribution in [-0.4, -0.2) is 35.5 Å². The molecule has 1 unspecified atom stereocenters. The number of halogens is 1. The second-order valence-electron chi connectivity index (χ2n) is 6.80. The van der Waals surface area contributed by atoms with Crippen LogP contribution in [0.1, 0.15) is 30.2 Å². The van der Waals surface area contributed by atoms with Gasteiger partial charge in [0, 0.05) is 25.2 Å². The molecule has 0 aliphatic carbocycles. The minimum atomic E-state index is -0.320. The smallest absolute Gasteiger partial charge is 0.240 e. The molecule has 1 fully saturated rings. The minimum absolute atomic E-state index is 0.124. The molecule has 2 N–H and O–H groups in total. The number of amides is 1. The van der Waals surface area contributed by atoms with E-state index in [0.717, 1.165) is 49.7 Å². The van der Waals surface area contributed by atoms with E-state index in [2.05, 4.69) is 15.7 Å². The number of carbonyl (C=O) groups excluding carboxylic acids is 1. The highest BCUT2D eigenvalue weighted by atomic mass is 19.1. The monoisotopic (exact) mass is 360 g/mol. The fourth-order valence-electron chi connectivity index (χ4n) is 3.10. The Balaban J connectivity index is 1.47. The van der Waals surface area contributed by atoms with Crippen molar-refractivity contribution in [3.05, 3.63) is 47.4 Å². The summed E-state index contributed by atoms with van der Waals surface area (Å²) in [5.74, 6) is 1.65. The molecule has 1 amide bonds. The number of oxazole rings is 1. The summed E-state index contributed by atoms with van der Waals surface area (Å²) in [6, 6.07) is 5.77. The first-order valence-electron chi connectivity index (χ1n) is 8.96. The molecule has 0 radical (unpaired) electrons. The van der Waals surface area contributed by atoms with Crippen molar-refractivity contribution in [1.29, 1.82) is 0 Å². The van der Waals surface area contributed by atoms with Gasteiger partial charge in [-0.2, -0.15) is 0 Å². The summed E-state index contributed by atoms with van der Waals surface area (Å²) in [6.07, 6.45) is 2.86. The molecule has 2 aromatic rings. The summed E-state index contributed by atoms with van der Waals surface area (Å²) in [5.41, 5.74) is 4.88. The number of aryl methyl sites for hydroxylation is 2. The van der Waals surface area contributed by atoms with Gasteiger partial charge in [0.05, 0.1) is 12.2 Å². The van der Waals surface area contributed by atoms with Gasteiger partial charge in [-0.15, -0.1) is 0 Å². The number of hydrogen-bond donors (Lipinski definition) is 2. The van der Waals surface area contributed by atoms with Crippen molar-refractivity contribution in [3.63, 3.8) is 0 Å². The van der Waals surface area contributed by atoms with E-state index >= 15 is 0 Å². The van der Waals surface area contributed by atoms with Crippen molar-refractivity contribution in [2.75, 3.05) is 25.0 Å². The quantitative estimate of drug-likeness (QED) is 0.858. The maximum Gasteiger partial charge on any atom is 0.240 e. The molecule has 1 aromatic carbocycles. The molecular formula is C19H25FN4O2. The van der Waals surface area contributed by atoms with Crippen LogP contribution in [0.4, 0.5) is 10.1 Å². The van der Waals surface area contributed by atoms with Gasteiger partial charge in [0.1, 0.15) is 11.6 Å². The van der Waals surface area contributed by atoms with E-state index in [1.54, 1.807) is 12.1 Å². The second-order valence-corrected chi connectivity index (χ2v) is 6.80. The molecule has 7 heteroatoms. The number of rotatable bonds is 5. The van der Waals surface area contributed by atoms with Crippen LogP contribution in [0, 0.1) is 25.6 Å². The molecule has 0 bridgehead atoms. The van der Waals surface area contributed by atoms with Crippen LogP contribution in [0.15, 0.2) is 28.7 Å². The van der Waals surface area contributed by atoms with E-state index < -0.39 is 0 Å². The van der Waals surface area contributed by atoms with Gasteiger partial charge >= 0.3 is 0 Å². The Morgan fingerprint density at radius 1 is 1.38 bits per heavy atom. The fourth-order valence-corrected chi connectivity index (χ4v) is 3.10. The van der Waals surface area contributed by atoms with Crippen molar-refractivity contribution in [2.45, 2.75) is 33.1 Å². The van der Waals surface area contributed by atoms with E-state index in [1.807, 2.05) is 18.9 Å². The highest BCUT2D eigenvalue weighted by Gasteiger charge is 2.20. The Morgan fingerprint density at radius 3 is 2.85 bits per heavy atom. The lowest BCUT2D eigenvalue weighted by Gasteiger charge is -2.21. The van der Waals surface area contributed by atoms with Gasteiger partial charge in [-0.05, 0) is 56.9 Å². The van der Waals surface area contributed by atoms with Crippen molar-refractivity contribution in [1.82, 2.24) is 15.4 Å². The van der Waals surface area contributed by atoms with E-state index in [9.17, 15) is 9.18 Å². The predicted molar refractivity (Wildman–Crippen MR) is 97.0 cm³/mol. The number of hydrazine groups is 1. The number of hydrogen-bond acceptors (Lipinski definition) is 5. The topological polar surface area (TPSA) is 70.4 Å². The minimum Gasteiger partial charge on any atom is -0.446 e. The third-order valence-corrected chi connectivity index (χ3v) is 4.64. The molecule has 26 heavy (non-hydrogen) atoms. The van der Waals surface area contributed by atoms with E-state index in [-0.39, 0.29) is 18.3 Å². The van der Waals surface area contributed by atoms with Crippen LogP contribution in [-0.2, 0) is 11.2 Å². The fraction of sp³-hybridized carbons (Fsp3) is 0.474. The maximum atomic E-state index is 12.9. The van der Waals surface area contributed by atoms with Gasteiger partial charge in [-0.25, -0.2) is 14.4 Å². The standard InChI is InChI=1S/C19H25FN4O2/c1-13-14(2)26-19(22-13)10-15-4-3-9-24(21-11-15)12-18(25)23-17-7-5-16(20)6-8-17/h5-8,15,21H,3-4,9-12H2,1-2H3,(H,23,25). The molecule has 140 valence electrons. The normalized spacial score (nSPS) is 18.5. The average molecular weight is 360 g/mol. The van der Waals surface area contributed by atoms with Gasteiger partial charge in [0.15, 0.2) is 5.89 Å². The second kappa shape index (κ2) is 8.42. The Bertz CT molecular complexity index is 725. The van der Waals surface area contributed by atoms with E-state index in [1.165, 1.54) is 12.1 Å². The van der Waals surface area contributed by atoms with Crippen molar-refractivity contribution in [3.8, 4) is 0 Å². The summed E-state index contributed by atoms with van der Waals surface area (Å²) in [5, 5.41) is 4.72. The molecule has 0 spiro atoms. The summed E-state index contributed by atoms with van der Waals surface area (Å²) >= 11 is 0. The zero-order valence-corrected chi connectivity index (χ0v) is 15.2. The molecule has 1 aliphatic heterocycles. The van der Waals surface area contributed by atoms with Crippen molar-refractivity contribution >= 4 is 11.6 Å². The number of benzene rings is 1. The molecular weight excluding hydrogens is 335 g/mol. The molecule has 3 rings (SSSR count). The van der Waals surface area contributed by atoms with Crippen LogP contribution in [0.25, 0.3) is 0 Å². The van der Waals surface area contributed by atoms with Gasteiger partial charge in [-0.1, -0.05) is 0 Å². The van der Waals surface area contributed by atoms with Gasteiger partial charge in [-0.3, -0.25) is 10.2 Å². The van der Waals surface area contributed by atoms with Gasteiger partial charge < -0.3 is 9.73 Å². The Kier molecular flexibility index (Phi) is 6.00. The summed E-state index contributed by atoms with van der Waals surface area (Å²) in [4.78, 5) is 16.6. The average Bonchev–Trinajstić information content (AvgIpc) is 2.78. The Hall–Kier alpha value is -2.25. The maximum absolute atomic E-state index is 12.9. The lowest BCUT2D eigenvalue weighted by Crippen LogP contribution is -2.43. The first-order chi connectivity index (χ1) is 12.5. The van der Waals surface area contributed by atoms with Crippen LogP contribution in [0.2, 0.25) is 0 Å². The number of nitrogens with zero attached hydrogens (tertiary/aromatic N) is 2. The summed E-state index contributed by atoms with van der Waals surface area (Å²) in [7, 11) is 0. The molecule has 1 aliphatic rings.